The number of carbonyl (C=O) groups excluding carboxylic acids is 3. The highest BCUT2D eigenvalue weighted by molar-refractivity contribution is 5.96. The number of carbonyl (C=O) groups is 3. The summed E-state index contributed by atoms with van der Waals surface area (Å²) in [7, 11) is 0. The third-order valence-electron chi connectivity index (χ3n) is 8.32. The molecule has 1 aliphatic carbocycles. The molecule has 1 spiro atoms. The average Bonchev–Trinajstić information content (AvgIpc) is 3.53. The molecule has 1 atom stereocenters. The fourth-order valence-corrected chi connectivity index (χ4v) is 6.12. The van der Waals surface area contributed by atoms with Gasteiger partial charge in [0.1, 0.15) is 5.60 Å². The summed E-state index contributed by atoms with van der Waals surface area (Å²) in [6.45, 7) is 9.34. The summed E-state index contributed by atoms with van der Waals surface area (Å²) in [4.78, 5) is 44.5. The van der Waals surface area contributed by atoms with Crippen LogP contribution in [0, 0.1) is 0 Å². The number of fused-ring (bicyclic) bond motifs is 2. The Morgan fingerprint density at radius 2 is 1.55 bits per heavy atom. The van der Waals surface area contributed by atoms with Crippen LogP contribution in [0.5, 0.6) is 0 Å². The van der Waals surface area contributed by atoms with Crippen molar-refractivity contribution in [1.29, 1.82) is 0 Å². The maximum Gasteiger partial charge on any atom is 0.410 e. The number of ether oxygens (including phenoxy) is 2. The molecule has 3 heterocycles. The van der Waals surface area contributed by atoms with Gasteiger partial charge < -0.3 is 24.2 Å². The number of anilines is 1. The maximum absolute atomic E-state index is 13.8. The van der Waals surface area contributed by atoms with E-state index in [-0.39, 0.29) is 18.0 Å². The standard InChI is InChI=1S/C30H35N3O5/c1-28(2,3)38-27(36)32-18-16-31(17-19-32)22-10-8-21(9-11-22)29(12-13-29)26(35)33-15-14-30(20-33)24-7-5-4-6-23(24)25(34)37-30/h4-11H,12-20H2,1-3H3. The zero-order chi connectivity index (χ0) is 26.7. The van der Waals surface area contributed by atoms with E-state index in [0.29, 0.717) is 38.2 Å². The highest BCUT2D eigenvalue weighted by atomic mass is 16.6. The van der Waals surface area contributed by atoms with Gasteiger partial charge in [0.2, 0.25) is 5.91 Å². The summed E-state index contributed by atoms with van der Waals surface area (Å²) >= 11 is 0. The Labute approximate surface area is 223 Å². The summed E-state index contributed by atoms with van der Waals surface area (Å²) in [6.07, 6.45) is 2.03. The number of likely N-dealkylation sites (tertiary alicyclic amines) is 1. The Balaban J connectivity index is 1.10. The van der Waals surface area contributed by atoms with E-state index in [1.54, 1.807) is 11.0 Å². The lowest BCUT2D eigenvalue weighted by Gasteiger charge is -2.37. The van der Waals surface area contributed by atoms with E-state index in [9.17, 15) is 14.4 Å². The molecular weight excluding hydrogens is 482 g/mol. The Morgan fingerprint density at radius 1 is 0.868 bits per heavy atom. The molecule has 2 saturated heterocycles. The minimum absolute atomic E-state index is 0.133. The van der Waals surface area contributed by atoms with Crippen molar-refractivity contribution in [3.05, 3.63) is 65.2 Å². The Morgan fingerprint density at radius 3 is 2.21 bits per heavy atom. The molecule has 0 aromatic heterocycles. The van der Waals surface area contributed by atoms with E-state index in [4.69, 9.17) is 9.47 Å². The van der Waals surface area contributed by atoms with Crippen molar-refractivity contribution < 1.29 is 23.9 Å². The van der Waals surface area contributed by atoms with Gasteiger partial charge in [0.15, 0.2) is 5.60 Å². The molecule has 4 aliphatic rings. The highest BCUT2D eigenvalue weighted by Crippen LogP contribution is 2.52. The number of rotatable bonds is 3. The number of hydrogen-bond acceptors (Lipinski definition) is 6. The average molecular weight is 518 g/mol. The lowest BCUT2D eigenvalue weighted by atomic mass is 9.91. The zero-order valence-corrected chi connectivity index (χ0v) is 22.4. The predicted molar refractivity (Wildman–Crippen MR) is 142 cm³/mol. The molecule has 8 nitrogen and oxygen atoms in total. The summed E-state index contributed by atoms with van der Waals surface area (Å²) in [5.41, 5.74) is 1.96. The van der Waals surface area contributed by atoms with Crippen molar-refractivity contribution in [2.24, 2.45) is 0 Å². The SMILES string of the molecule is CC(C)(C)OC(=O)N1CCN(c2ccc(C3(C(=O)N4CCC5(C4)OC(=O)c4ccccc45)CC3)cc2)CC1. The molecule has 0 bridgehead atoms. The number of esters is 1. The molecule has 3 aliphatic heterocycles. The van der Waals surface area contributed by atoms with Gasteiger partial charge in [0.25, 0.3) is 0 Å². The fraction of sp³-hybridized carbons (Fsp3) is 0.500. The van der Waals surface area contributed by atoms with Gasteiger partial charge in [-0.15, -0.1) is 0 Å². The number of piperazine rings is 1. The number of hydrogen-bond donors (Lipinski definition) is 0. The van der Waals surface area contributed by atoms with Crippen LogP contribution in [0.25, 0.3) is 0 Å². The normalized spacial score (nSPS) is 23.9. The first-order valence-electron chi connectivity index (χ1n) is 13.6. The van der Waals surface area contributed by atoms with Crippen LogP contribution in [-0.4, -0.2) is 72.6 Å². The fourth-order valence-electron chi connectivity index (χ4n) is 6.12. The van der Waals surface area contributed by atoms with Crippen molar-refractivity contribution in [3.8, 4) is 0 Å². The second kappa shape index (κ2) is 8.75. The molecule has 6 rings (SSSR count). The Kier molecular flexibility index (Phi) is 5.70. The van der Waals surface area contributed by atoms with E-state index in [1.165, 1.54) is 0 Å². The summed E-state index contributed by atoms with van der Waals surface area (Å²) in [6, 6.07) is 15.9. The van der Waals surface area contributed by atoms with Crippen molar-refractivity contribution >= 4 is 23.7 Å². The second-order valence-electron chi connectivity index (χ2n) is 12.0. The smallest absolute Gasteiger partial charge is 0.410 e. The molecule has 3 fully saturated rings. The first kappa shape index (κ1) is 24.8. The lowest BCUT2D eigenvalue weighted by Crippen LogP contribution is -2.50. The molecule has 200 valence electrons. The van der Waals surface area contributed by atoms with Crippen molar-refractivity contribution in [1.82, 2.24) is 9.80 Å². The number of nitrogens with zero attached hydrogens (tertiary/aromatic N) is 3. The topological polar surface area (TPSA) is 79.4 Å². The van der Waals surface area contributed by atoms with Crippen molar-refractivity contribution in [2.75, 3.05) is 44.2 Å². The molecule has 2 aromatic carbocycles. The Bertz CT molecular complexity index is 1270. The van der Waals surface area contributed by atoms with Crippen LogP contribution in [0.15, 0.2) is 48.5 Å². The molecule has 2 aromatic rings. The number of benzene rings is 2. The van der Waals surface area contributed by atoms with Gasteiger partial charge in [0, 0.05) is 50.4 Å². The van der Waals surface area contributed by atoms with Gasteiger partial charge in [-0.2, -0.15) is 0 Å². The summed E-state index contributed by atoms with van der Waals surface area (Å²) in [5.74, 6) is -0.160. The predicted octanol–water partition coefficient (Wildman–Crippen LogP) is 4.07. The van der Waals surface area contributed by atoms with Gasteiger partial charge in [0.05, 0.1) is 17.5 Å². The third-order valence-corrected chi connectivity index (χ3v) is 8.32. The van der Waals surface area contributed by atoms with Gasteiger partial charge in [-0.1, -0.05) is 30.3 Å². The second-order valence-corrected chi connectivity index (χ2v) is 12.0. The Hall–Kier alpha value is -3.55. The van der Waals surface area contributed by atoms with E-state index in [1.807, 2.05) is 43.9 Å². The highest BCUT2D eigenvalue weighted by Gasteiger charge is 2.57. The molecule has 0 radical (unpaired) electrons. The number of amides is 2. The van der Waals surface area contributed by atoms with Crippen LogP contribution in [0.1, 0.15) is 61.5 Å². The molecule has 8 heteroatoms. The van der Waals surface area contributed by atoms with Crippen LogP contribution in [0.2, 0.25) is 0 Å². The molecule has 1 unspecified atom stereocenters. The third kappa shape index (κ3) is 4.20. The molecule has 0 N–H and O–H groups in total. The van der Waals surface area contributed by atoms with Gasteiger partial charge in [-0.05, 0) is 57.4 Å². The van der Waals surface area contributed by atoms with Gasteiger partial charge in [-0.3, -0.25) is 4.79 Å². The van der Waals surface area contributed by atoms with E-state index < -0.39 is 16.6 Å². The zero-order valence-electron chi connectivity index (χ0n) is 22.4. The van der Waals surface area contributed by atoms with Gasteiger partial charge >= 0.3 is 12.1 Å². The van der Waals surface area contributed by atoms with Crippen LogP contribution in [0.3, 0.4) is 0 Å². The molecular formula is C30H35N3O5. The van der Waals surface area contributed by atoms with Crippen LogP contribution in [0.4, 0.5) is 10.5 Å². The minimum Gasteiger partial charge on any atom is -0.449 e. The quantitative estimate of drug-likeness (QED) is 0.571. The largest absolute Gasteiger partial charge is 0.449 e. The minimum atomic E-state index is -0.718. The van der Waals surface area contributed by atoms with Crippen molar-refractivity contribution in [2.45, 2.75) is 56.7 Å². The van der Waals surface area contributed by atoms with Crippen LogP contribution < -0.4 is 4.90 Å². The first-order valence-corrected chi connectivity index (χ1v) is 13.6. The summed E-state index contributed by atoms with van der Waals surface area (Å²) in [5, 5.41) is 0. The molecule has 2 amide bonds. The maximum atomic E-state index is 13.8. The van der Waals surface area contributed by atoms with Crippen LogP contribution in [-0.2, 0) is 25.3 Å². The van der Waals surface area contributed by atoms with E-state index >= 15 is 0 Å². The van der Waals surface area contributed by atoms with Crippen LogP contribution >= 0.6 is 0 Å². The first-order chi connectivity index (χ1) is 18.1. The van der Waals surface area contributed by atoms with Crippen molar-refractivity contribution in [3.63, 3.8) is 0 Å². The lowest BCUT2D eigenvalue weighted by molar-refractivity contribution is -0.134. The summed E-state index contributed by atoms with van der Waals surface area (Å²) < 4.78 is 11.4. The molecule has 1 saturated carbocycles. The van der Waals surface area contributed by atoms with E-state index in [2.05, 4.69) is 29.2 Å². The van der Waals surface area contributed by atoms with E-state index in [0.717, 1.165) is 42.7 Å². The van der Waals surface area contributed by atoms with Gasteiger partial charge in [-0.25, -0.2) is 9.59 Å². The molecule has 38 heavy (non-hydrogen) atoms. The monoisotopic (exact) mass is 517 g/mol.